The lowest BCUT2D eigenvalue weighted by Gasteiger charge is -2.26. The predicted molar refractivity (Wildman–Crippen MR) is 115 cm³/mol. The minimum absolute atomic E-state index is 0.0664. The molecule has 0 saturated carbocycles. The summed E-state index contributed by atoms with van der Waals surface area (Å²) in [5, 5.41) is 4.00. The molecular formula is C21H21N3O2S2. The van der Waals surface area contributed by atoms with Gasteiger partial charge in [0.2, 0.25) is 0 Å². The Bertz CT molecular complexity index is 986. The van der Waals surface area contributed by atoms with E-state index in [-0.39, 0.29) is 6.03 Å². The highest BCUT2D eigenvalue weighted by molar-refractivity contribution is 7.98. The lowest BCUT2D eigenvalue weighted by atomic mass is 10.2. The van der Waals surface area contributed by atoms with Crippen LogP contribution in [0.4, 0.5) is 10.5 Å². The minimum atomic E-state index is -0.0664. The molecule has 7 heteroatoms. The van der Waals surface area contributed by atoms with Gasteiger partial charge in [0.05, 0.1) is 19.3 Å². The van der Waals surface area contributed by atoms with Gasteiger partial charge in [-0.25, -0.2) is 9.78 Å². The van der Waals surface area contributed by atoms with E-state index in [1.807, 2.05) is 59.7 Å². The molecule has 1 aliphatic rings. The van der Waals surface area contributed by atoms with Gasteiger partial charge in [-0.3, -0.25) is 0 Å². The lowest BCUT2D eigenvalue weighted by Crippen LogP contribution is -2.38. The Kier molecular flexibility index (Phi) is 5.54. The van der Waals surface area contributed by atoms with Crippen LogP contribution < -0.4 is 10.1 Å². The molecule has 1 N–H and O–H groups in total. The molecule has 0 bridgehead atoms. The maximum Gasteiger partial charge on any atom is 0.322 e. The standard InChI is InChI=1S/C21H21N3O2S2/c1-26-16-8-6-14(7-9-16)20-23-18-10-11-24(13-19(18)28-20)21(25)22-15-4-3-5-17(12-15)27-2/h3-9,12H,10-11,13H2,1-2H3,(H,22,25). The van der Waals surface area contributed by atoms with Crippen LogP contribution in [0.5, 0.6) is 5.75 Å². The zero-order valence-electron chi connectivity index (χ0n) is 15.8. The zero-order chi connectivity index (χ0) is 19.5. The van der Waals surface area contributed by atoms with Gasteiger partial charge in [-0.1, -0.05) is 6.07 Å². The van der Waals surface area contributed by atoms with Gasteiger partial charge in [0.1, 0.15) is 10.8 Å². The number of rotatable bonds is 4. The molecule has 0 spiro atoms. The summed E-state index contributed by atoms with van der Waals surface area (Å²) in [5.74, 6) is 0.832. The van der Waals surface area contributed by atoms with Crippen LogP contribution in [0.1, 0.15) is 10.6 Å². The number of ether oxygens (including phenoxy) is 1. The maximum absolute atomic E-state index is 12.7. The molecule has 2 heterocycles. The number of hydrogen-bond donors (Lipinski definition) is 1. The molecule has 5 nitrogen and oxygen atoms in total. The number of hydrogen-bond acceptors (Lipinski definition) is 5. The summed E-state index contributed by atoms with van der Waals surface area (Å²) in [6.45, 7) is 1.27. The Balaban J connectivity index is 1.46. The van der Waals surface area contributed by atoms with Gasteiger partial charge in [0.25, 0.3) is 0 Å². The smallest absolute Gasteiger partial charge is 0.322 e. The van der Waals surface area contributed by atoms with Crippen molar-refractivity contribution in [2.75, 3.05) is 25.2 Å². The number of urea groups is 1. The molecular weight excluding hydrogens is 390 g/mol. The van der Waals surface area contributed by atoms with Crippen molar-refractivity contribution in [2.24, 2.45) is 0 Å². The average Bonchev–Trinajstić information content (AvgIpc) is 3.17. The largest absolute Gasteiger partial charge is 0.497 e. The highest BCUT2D eigenvalue weighted by Gasteiger charge is 2.24. The van der Waals surface area contributed by atoms with Crippen LogP contribution in [0.15, 0.2) is 53.4 Å². The summed E-state index contributed by atoms with van der Waals surface area (Å²) in [6.07, 6.45) is 2.80. The molecule has 0 unspecified atom stereocenters. The van der Waals surface area contributed by atoms with E-state index in [4.69, 9.17) is 9.72 Å². The van der Waals surface area contributed by atoms with Crippen LogP contribution in [0.2, 0.25) is 0 Å². The van der Waals surface area contributed by atoms with Crippen molar-refractivity contribution in [1.29, 1.82) is 0 Å². The number of benzene rings is 2. The van der Waals surface area contributed by atoms with Crippen LogP contribution >= 0.6 is 23.1 Å². The van der Waals surface area contributed by atoms with Gasteiger partial charge in [0, 0.05) is 34.0 Å². The summed E-state index contributed by atoms with van der Waals surface area (Å²) in [4.78, 5) is 21.6. The molecule has 2 aromatic carbocycles. The first kappa shape index (κ1) is 18.8. The number of fused-ring (bicyclic) bond motifs is 1. The van der Waals surface area contributed by atoms with Crippen LogP contribution in [0.3, 0.4) is 0 Å². The first-order chi connectivity index (χ1) is 13.7. The topological polar surface area (TPSA) is 54.5 Å². The van der Waals surface area contributed by atoms with E-state index >= 15 is 0 Å². The van der Waals surface area contributed by atoms with Gasteiger partial charge < -0.3 is 15.0 Å². The van der Waals surface area contributed by atoms with Crippen molar-refractivity contribution in [1.82, 2.24) is 9.88 Å². The fourth-order valence-electron chi connectivity index (χ4n) is 3.13. The average molecular weight is 412 g/mol. The van der Waals surface area contributed by atoms with E-state index in [1.54, 1.807) is 30.2 Å². The van der Waals surface area contributed by atoms with Crippen molar-refractivity contribution in [3.8, 4) is 16.3 Å². The van der Waals surface area contributed by atoms with E-state index in [2.05, 4.69) is 5.32 Å². The van der Waals surface area contributed by atoms with E-state index in [0.717, 1.165) is 43.9 Å². The highest BCUT2D eigenvalue weighted by atomic mass is 32.2. The van der Waals surface area contributed by atoms with E-state index < -0.39 is 0 Å². The van der Waals surface area contributed by atoms with Crippen molar-refractivity contribution < 1.29 is 9.53 Å². The molecule has 0 radical (unpaired) electrons. The molecule has 4 rings (SSSR count). The first-order valence-corrected chi connectivity index (χ1v) is 11.0. The normalized spacial score (nSPS) is 13.1. The molecule has 0 saturated heterocycles. The Morgan fingerprint density at radius 2 is 2.07 bits per heavy atom. The third-order valence-electron chi connectivity index (χ3n) is 4.68. The molecule has 1 aromatic heterocycles. The summed E-state index contributed by atoms with van der Waals surface area (Å²) < 4.78 is 5.22. The molecule has 2 amide bonds. The van der Waals surface area contributed by atoms with Crippen LogP contribution in [0, 0.1) is 0 Å². The minimum Gasteiger partial charge on any atom is -0.497 e. The predicted octanol–water partition coefficient (Wildman–Crippen LogP) is 5.13. The second-order valence-electron chi connectivity index (χ2n) is 6.45. The molecule has 144 valence electrons. The third-order valence-corrected chi connectivity index (χ3v) is 6.53. The van der Waals surface area contributed by atoms with Crippen molar-refractivity contribution >= 4 is 34.8 Å². The van der Waals surface area contributed by atoms with Crippen LogP contribution in [0.25, 0.3) is 10.6 Å². The summed E-state index contributed by atoms with van der Waals surface area (Å²) in [7, 11) is 1.66. The second kappa shape index (κ2) is 8.24. The number of thiazole rings is 1. The number of carbonyl (C=O) groups is 1. The van der Waals surface area contributed by atoms with Gasteiger partial charge in [-0.05, 0) is 48.7 Å². The van der Waals surface area contributed by atoms with Gasteiger partial charge >= 0.3 is 6.03 Å². The van der Waals surface area contributed by atoms with E-state index in [1.165, 1.54) is 0 Å². The van der Waals surface area contributed by atoms with Crippen molar-refractivity contribution in [2.45, 2.75) is 17.9 Å². The van der Waals surface area contributed by atoms with Crippen molar-refractivity contribution in [3.63, 3.8) is 0 Å². The molecule has 3 aromatic rings. The summed E-state index contributed by atoms with van der Waals surface area (Å²) >= 11 is 3.32. The number of amides is 2. The number of aromatic nitrogens is 1. The Labute approximate surface area is 172 Å². The lowest BCUT2D eigenvalue weighted by molar-refractivity contribution is 0.207. The third kappa shape index (κ3) is 4.00. The Morgan fingerprint density at radius 1 is 1.25 bits per heavy atom. The fraction of sp³-hybridized carbons (Fsp3) is 0.238. The highest BCUT2D eigenvalue weighted by Crippen LogP contribution is 2.32. The summed E-state index contributed by atoms with van der Waals surface area (Å²) in [6, 6.07) is 15.8. The Hall–Kier alpha value is -2.51. The first-order valence-electron chi connectivity index (χ1n) is 8.99. The number of carbonyl (C=O) groups excluding carboxylic acids is 1. The number of nitrogens with zero attached hydrogens (tertiary/aromatic N) is 2. The quantitative estimate of drug-likeness (QED) is 0.605. The van der Waals surface area contributed by atoms with Gasteiger partial charge in [0.15, 0.2) is 0 Å². The number of anilines is 1. The number of nitrogens with one attached hydrogen (secondary N) is 1. The van der Waals surface area contributed by atoms with E-state index in [9.17, 15) is 4.79 Å². The number of thioether (sulfide) groups is 1. The van der Waals surface area contributed by atoms with Gasteiger partial charge in [-0.15, -0.1) is 23.1 Å². The molecule has 1 aliphatic heterocycles. The summed E-state index contributed by atoms with van der Waals surface area (Å²) in [5.41, 5.74) is 3.00. The molecule has 28 heavy (non-hydrogen) atoms. The Morgan fingerprint density at radius 3 is 2.82 bits per heavy atom. The zero-order valence-corrected chi connectivity index (χ0v) is 17.4. The second-order valence-corrected chi connectivity index (χ2v) is 8.41. The SMILES string of the molecule is COc1ccc(-c2nc3c(s2)CN(C(=O)Nc2cccc(SC)c2)CC3)cc1. The van der Waals surface area contributed by atoms with Crippen LogP contribution in [-0.2, 0) is 13.0 Å². The molecule has 0 atom stereocenters. The van der Waals surface area contributed by atoms with Crippen LogP contribution in [-0.4, -0.2) is 35.8 Å². The van der Waals surface area contributed by atoms with Crippen molar-refractivity contribution in [3.05, 3.63) is 59.1 Å². The fourth-order valence-corrected chi connectivity index (χ4v) is 4.72. The monoisotopic (exact) mass is 411 g/mol. The van der Waals surface area contributed by atoms with Gasteiger partial charge in [-0.2, -0.15) is 0 Å². The molecule has 0 fully saturated rings. The maximum atomic E-state index is 12.7. The number of methoxy groups -OCH3 is 1. The van der Waals surface area contributed by atoms with E-state index in [0.29, 0.717) is 13.1 Å². The molecule has 0 aliphatic carbocycles.